The highest BCUT2D eigenvalue weighted by Gasteiger charge is 2.41. The normalized spacial score (nSPS) is 23.1. The van der Waals surface area contributed by atoms with Crippen LogP contribution in [-0.2, 0) is 6.54 Å². The Labute approximate surface area is 144 Å². The van der Waals surface area contributed by atoms with Crippen LogP contribution in [0.3, 0.4) is 0 Å². The molecule has 1 aromatic rings. The lowest BCUT2D eigenvalue weighted by Gasteiger charge is -2.36. The Morgan fingerprint density at radius 2 is 1.96 bits per heavy atom. The molecule has 3 aliphatic rings. The topological polar surface area (TPSA) is 56.9 Å². The molecule has 0 amide bonds. The summed E-state index contributed by atoms with van der Waals surface area (Å²) in [5.74, 6) is 3.95. The number of aromatic nitrogens is 1. The van der Waals surface area contributed by atoms with E-state index in [1.165, 1.54) is 25.7 Å². The number of nitrogens with zero attached hydrogens (tertiary/aromatic N) is 4. The second-order valence-corrected chi connectivity index (χ2v) is 7.52. The third kappa shape index (κ3) is 3.91. The molecule has 132 valence electrons. The van der Waals surface area contributed by atoms with E-state index in [2.05, 4.69) is 25.3 Å². The maximum absolute atomic E-state index is 4.92. The average molecular weight is 331 g/mol. The SMILES string of the molecule is CN=C(NCC(C1CC1)C1CC1)N1CCN(Cc2ccon2)CC1. The summed E-state index contributed by atoms with van der Waals surface area (Å²) in [6.45, 7) is 6.12. The molecule has 0 spiro atoms. The highest BCUT2D eigenvalue weighted by molar-refractivity contribution is 5.80. The van der Waals surface area contributed by atoms with Gasteiger partial charge in [-0.1, -0.05) is 5.16 Å². The smallest absolute Gasteiger partial charge is 0.193 e. The predicted octanol–water partition coefficient (Wildman–Crippen LogP) is 1.80. The van der Waals surface area contributed by atoms with Crippen molar-refractivity contribution in [3.63, 3.8) is 0 Å². The molecule has 6 heteroatoms. The summed E-state index contributed by atoms with van der Waals surface area (Å²) in [6, 6.07) is 1.95. The highest BCUT2D eigenvalue weighted by Crippen LogP contribution is 2.48. The van der Waals surface area contributed by atoms with Gasteiger partial charge in [0.15, 0.2) is 5.96 Å². The Morgan fingerprint density at radius 3 is 2.50 bits per heavy atom. The lowest BCUT2D eigenvalue weighted by molar-refractivity contribution is 0.168. The van der Waals surface area contributed by atoms with Gasteiger partial charge in [-0.2, -0.15) is 0 Å². The molecule has 2 aliphatic carbocycles. The van der Waals surface area contributed by atoms with Crippen molar-refractivity contribution in [2.45, 2.75) is 32.2 Å². The monoisotopic (exact) mass is 331 g/mol. The summed E-state index contributed by atoms with van der Waals surface area (Å²) in [5, 5.41) is 7.68. The first-order chi connectivity index (χ1) is 11.8. The molecule has 0 radical (unpaired) electrons. The van der Waals surface area contributed by atoms with Gasteiger partial charge in [-0.25, -0.2) is 0 Å². The summed E-state index contributed by atoms with van der Waals surface area (Å²) in [4.78, 5) is 9.36. The molecule has 2 heterocycles. The summed E-state index contributed by atoms with van der Waals surface area (Å²) in [6.07, 6.45) is 7.43. The molecular formula is C18H29N5O. The van der Waals surface area contributed by atoms with Crippen LogP contribution in [0, 0.1) is 17.8 Å². The highest BCUT2D eigenvalue weighted by atomic mass is 16.5. The third-order valence-electron chi connectivity index (χ3n) is 5.71. The molecule has 24 heavy (non-hydrogen) atoms. The number of hydrogen-bond donors (Lipinski definition) is 1. The van der Waals surface area contributed by atoms with Gasteiger partial charge in [0.25, 0.3) is 0 Å². The fourth-order valence-corrected chi connectivity index (χ4v) is 3.97. The van der Waals surface area contributed by atoms with Crippen molar-refractivity contribution in [3.8, 4) is 0 Å². The average Bonchev–Trinajstić information content (AvgIpc) is 3.54. The van der Waals surface area contributed by atoms with Gasteiger partial charge in [0.1, 0.15) is 6.26 Å². The fourth-order valence-electron chi connectivity index (χ4n) is 3.97. The molecular weight excluding hydrogens is 302 g/mol. The van der Waals surface area contributed by atoms with Gasteiger partial charge in [-0.05, 0) is 43.4 Å². The van der Waals surface area contributed by atoms with Crippen LogP contribution < -0.4 is 5.32 Å². The molecule has 2 saturated carbocycles. The van der Waals surface area contributed by atoms with Crippen LogP contribution in [0.15, 0.2) is 21.8 Å². The molecule has 1 saturated heterocycles. The van der Waals surface area contributed by atoms with Gasteiger partial charge in [0, 0.05) is 52.4 Å². The molecule has 0 aromatic carbocycles. The molecule has 6 nitrogen and oxygen atoms in total. The van der Waals surface area contributed by atoms with Crippen LogP contribution in [0.5, 0.6) is 0 Å². The Kier molecular flexibility index (Phi) is 4.74. The Hall–Kier alpha value is -1.56. The van der Waals surface area contributed by atoms with E-state index in [9.17, 15) is 0 Å². The van der Waals surface area contributed by atoms with Gasteiger partial charge in [0.2, 0.25) is 0 Å². The second kappa shape index (κ2) is 7.13. The molecule has 1 aromatic heterocycles. The predicted molar refractivity (Wildman–Crippen MR) is 93.7 cm³/mol. The number of aliphatic imine (C=N–C) groups is 1. The van der Waals surface area contributed by atoms with E-state index in [-0.39, 0.29) is 0 Å². The molecule has 0 bridgehead atoms. The molecule has 1 aliphatic heterocycles. The van der Waals surface area contributed by atoms with Crippen molar-refractivity contribution in [2.75, 3.05) is 39.8 Å². The number of piperazine rings is 1. The van der Waals surface area contributed by atoms with E-state index < -0.39 is 0 Å². The van der Waals surface area contributed by atoms with Gasteiger partial charge in [0.05, 0.1) is 5.69 Å². The third-order valence-corrected chi connectivity index (χ3v) is 5.71. The molecule has 4 rings (SSSR count). The molecule has 0 atom stereocenters. The number of guanidine groups is 1. The summed E-state index contributed by atoms with van der Waals surface area (Å²) >= 11 is 0. The Morgan fingerprint density at radius 1 is 1.25 bits per heavy atom. The van der Waals surface area contributed by atoms with Crippen LogP contribution >= 0.6 is 0 Å². The van der Waals surface area contributed by atoms with Crippen LogP contribution in [0.4, 0.5) is 0 Å². The van der Waals surface area contributed by atoms with E-state index >= 15 is 0 Å². The van der Waals surface area contributed by atoms with E-state index in [1.807, 2.05) is 13.1 Å². The minimum Gasteiger partial charge on any atom is -0.364 e. The molecule has 1 N–H and O–H groups in total. The zero-order valence-corrected chi connectivity index (χ0v) is 14.7. The van der Waals surface area contributed by atoms with Crippen LogP contribution in [0.1, 0.15) is 31.4 Å². The standard InChI is InChI=1S/C18H29N5O/c1-19-18(20-12-17(14-2-3-14)15-4-5-15)23-9-7-22(8-10-23)13-16-6-11-24-21-16/h6,11,14-15,17H,2-5,7-10,12-13H2,1H3,(H,19,20). The number of rotatable bonds is 6. The minimum atomic E-state index is 0.877. The van der Waals surface area contributed by atoms with Crippen molar-refractivity contribution >= 4 is 5.96 Å². The van der Waals surface area contributed by atoms with E-state index in [4.69, 9.17) is 4.52 Å². The second-order valence-electron chi connectivity index (χ2n) is 7.52. The van der Waals surface area contributed by atoms with Gasteiger partial charge in [-0.3, -0.25) is 9.89 Å². The quantitative estimate of drug-likeness (QED) is 0.636. The van der Waals surface area contributed by atoms with Crippen LogP contribution in [0.2, 0.25) is 0 Å². The fraction of sp³-hybridized carbons (Fsp3) is 0.778. The van der Waals surface area contributed by atoms with Crippen molar-refractivity contribution in [2.24, 2.45) is 22.7 Å². The van der Waals surface area contributed by atoms with Gasteiger partial charge < -0.3 is 14.7 Å². The van der Waals surface area contributed by atoms with E-state index in [0.29, 0.717) is 0 Å². The van der Waals surface area contributed by atoms with Crippen molar-refractivity contribution < 1.29 is 4.52 Å². The Bertz CT molecular complexity index is 530. The minimum absolute atomic E-state index is 0.877. The Balaban J connectivity index is 1.24. The summed E-state index contributed by atoms with van der Waals surface area (Å²) in [7, 11) is 1.91. The maximum atomic E-state index is 4.92. The van der Waals surface area contributed by atoms with Crippen molar-refractivity contribution in [1.29, 1.82) is 0 Å². The first-order valence-electron chi connectivity index (χ1n) is 9.40. The maximum Gasteiger partial charge on any atom is 0.193 e. The lowest BCUT2D eigenvalue weighted by Crippen LogP contribution is -2.52. The lowest BCUT2D eigenvalue weighted by atomic mass is 9.98. The number of hydrogen-bond acceptors (Lipinski definition) is 4. The van der Waals surface area contributed by atoms with Crippen LogP contribution in [0.25, 0.3) is 0 Å². The molecule has 3 fully saturated rings. The first-order valence-corrected chi connectivity index (χ1v) is 9.40. The van der Waals surface area contributed by atoms with E-state index in [1.54, 1.807) is 6.26 Å². The van der Waals surface area contributed by atoms with Crippen LogP contribution in [-0.4, -0.2) is 60.7 Å². The zero-order valence-electron chi connectivity index (χ0n) is 14.7. The van der Waals surface area contributed by atoms with Crippen molar-refractivity contribution in [1.82, 2.24) is 20.3 Å². The number of nitrogens with one attached hydrogen (secondary N) is 1. The summed E-state index contributed by atoms with van der Waals surface area (Å²) < 4.78 is 4.92. The first kappa shape index (κ1) is 15.9. The van der Waals surface area contributed by atoms with Crippen molar-refractivity contribution in [3.05, 3.63) is 18.0 Å². The zero-order chi connectivity index (χ0) is 16.4. The summed E-state index contributed by atoms with van der Waals surface area (Å²) in [5.41, 5.74) is 1.02. The molecule has 0 unspecified atom stereocenters. The van der Waals surface area contributed by atoms with E-state index in [0.717, 1.165) is 68.7 Å². The largest absolute Gasteiger partial charge is 0.364 e. The van der Waals surface area contributed by atoms with Gasteiger partial charge >= 0.3 is 0 Å². The van der Waals surface area contributed by atoms with Gasteiger partial charge in [-0.15, -0.1) is 0 Å².